The number of carbonyl (C=O) groups excluding carboxylic acids is 3. The largest absolute Gasteiger partial charge is 0.497 e. The molecule has 0 bridgehead atoms. The van der Waals surface area contributed by atoms with Crippen LogP contribution in [0.25, 0.3) is 0 Å². The van der Waals surface area contributed by atoms with Crippen LogP contribution in [0.1, 0.15) is 51.9 Å². The van der Waals surface area contributed by atoms with Crippen molar-refractivity contribution in [3.05, 3.63) is 121 Å². The molecule has 0 radical (unpaired) electrons. The predicted molar refractivity (Wildman–Crippen MR) is 210 cm³/mol. The Bertz CT molecular complexity index is 1800. The van der Waals surface area contributed by atoms with Crippen LogP contribution in [-0.2, 0) is 18.8 Å². The minimum atomic E-state index is -2.66. The molecule has 1 saturated heterocycles. The van der Waals surface area contributed by atoms with Crippen LogP contribution in [0.3, 0.4) is 0 Å². The molecule has 0 saturated carbocycles. The number of hydrogen-bond acceptors (Lipinski definition) is 6. The van der Waals surface area contributed by atoms with Crippen molar-refractivity contribution >= 4 is 54.4 Å². The van der Waals surface area contributed by atoms with Gasteiger partial charge in [-0.1, -0.05) is 112 Å². The number of nitrogens with zero attached hydrogens (tertiary/aromatic N) is 1. The van der Waals surface area contributed by atoms with Gasteiger partial charge < -0.3 is 18.8 Å². The topological polar surface area (TPSA) is 82.1 Å². The lowest BCUT2D eigenvalue weighted by Gasteiger charge is -2.54. The predicted octanol–water partition coefficient (Wildman–Crippen LogP) is 7.40. The van der Waals surface area contributed by atoms with Crippen molar-refractivity contribution in [2.75, 3.05) is 7.11 Å². The Labute approximate surface area is 304 Å². The van der Waals surface area contributed by atoms with E-state index in [-0.39, 0.29) is 16.5 Å². The van der Waals surface area contributed by atoms with E-state index < -0.39 is 51.1 Å². The van der Waals surface area contributed by atoms with E-state index in [9.17, 15) is 14.4 Å². The highest BCUT2D eigenvalue weighted by Gasteiger charge is 2.57. The summed E-state index contributed by atoms with van der Waals surface area (Å²) in [6, 6.07) is 36.7. The smallest absolute Gasteiger partial charge is 0.345 e. The second kappa shape index (κ2) is 15.2. The third-order valence-corrected chi connectivity index (χ3v) is 19.6. The molecule has 4 aromatic rings. The van der Waals surface area contributed by atoms with Gasteiger partial charge in [0.15, 0.2) is 8.32 Å². The van der Waals surface area contributed by atoms with Gasteiger partial charge in [0.1, 0.15) is 5.75 Å². The number of methoxy groups -OCH3 is 1. The third-order valence-electron chi connectivity index (χ3n) is 10.6. The monoisotopic (exact) mass is 723 g/mol. The molecule has 9 heteroatoms. The Hall–Kier alpha value is -4.23. The van der Waals surface area contributed by atoms with E-state index in [1.54, 1.807) is 38.3 Å². The van der Waals surface area contributed by atoms with E-state index in [2.05, 4.69) is 70.3 Å². The van der Waals surface area contributed by atoms with E-state index in [0.29, 0.717) is 5.75 Å². The maximum Gasteiger partial charge on any atom is 0.345 e. The summed E-state index contributed by atoms with van der Waals surface area (Å²) in [6.07, 6.45) is -0.474. The number of rotatable bonds is 11. The zero-order chi connectivity index (χ0) is 37.1. The number of carbonyl (C=O) groups is 3. The van der Waals surface area contributed by atoms with Gasteiger partial charge >= 0.3 is 11.9 Å². The van der Waals surface area contributed by atoms with E-state index in [4.69, 9.17) is 13.9 Å². The molecule has 0 aliphatic carbocycles. The molecule has 1 aliphatic heterocycles. The van der Waals surface area contributed by atoms with Gasteiger partial charge in [0.05, 0.1) is 36.7 Å². The van der Waals surface area contributed by atoms with Crippen LogP contribution < -0.4 is 20.7 Å². The van der Waals surface area contributed by atoms with Crippen LogP contribution in [0.4, 0.5) is 0 Å². The molecule has 4 atom stereocenters. The first-order chi connectivity index (χ1) is 24.1. The Morgan fingerprint density at radius 2 is 1.22 bits per heavy atom. The zero-order valence-electron chi connectivity index (χ0n) is 31.1. The molecule has 0 N–H and O–H groups in total. The van der Waals surface area contributed by atoms with E-state index in [1.807, 2.05) is 73.3 Å². The molecule has 7 nitrogen and oxygen atoms in total. The van der Waals surface area contributed by atoms with Gasteiger partial charge in [-0.15, -0.1) is 0 Å². The summed E-state index contributed by atoms with van der Waals surface area (Å²) in [5.74, 6) is -2.44. The third kappa shape index (κ3) is 7.28. The Morgan fingerprint density at radius 1 is 0.765 bits per heavy atom. The fourth-order valence-corrected chi connectivity index (χ4v) is 12.7. The van der Waals surface area contributed by atoms with Gasteiger partial charge in [0, 0.05) is 5.42 Å². The average Bonchev–Trinajstić information content (AvgIpc) is 3.11. The number of β-lactam (4-membered cyclic amide) rings is 1. The fraction of sp³-hybridized carbons (Fsp3) is 0.333. The Balaban J connectivity index is 1.67. The fourth-order valence-electron chi connectivity index (χ4n) is 6.87. The summed E-state index contributed by atoms with van der Waals surface area (Å²) in [7, 11) is -0.766. The van der Waals surface area contributed by atoms with Crippen LogP contribution in [-0.4, -0.2) is 55.7 Å². The number of benzene rings is 4. The summed E-state index contributed by atoms with van der Waals surface area (Å²) in [5.41, 5.74) is 1.09. The molecular weight excluding hydrogens is 674 g/mol. The highest BCUT2D eigenvalue weighted by Crippen LogP contribution is 2.50. The lowest BCUT2D eigenvalue weighted by Crippen LogP contribution is -2.70. The molecule has 1 heterocycles. The van der Waals surface area contributed by atoms with Crippen LogP contribution >= 0.6 is 6.89 Å². The zero-order valence-corrected chi connectivity index (χ0v) is 33.0. The van der Waals surface area contributed by atoms with Gasteiger partial charge in [0.2, 0.25) is 5.91 Å². The van der Waals surface area contributed by atoms with Crippen molar-refractivity contribution in [1.29, 1.82) is 0 Å². The van der Waals surface area contributed by atoms with Crippen molar-refractivity contribution < 1.29 is 28.3 Å². The Kier molecular flexibility index (Phi) is 11.3. The van der Waals surface area contributed by atoms with Crippen molar-refractivity contribution in [3.8, 4) is 5.75 Å². The van der Waals surface area contributed by atoms with Gasteiger partial charge in [-0.25, -0.2) is 4.79 Å². The van der Waals surface area contributed by atoms with Crippen LogP contribution in [0, 0.1) is 11.8 Å². The first kappa shape index (κ1) is 38.0. The summed E-state index contributed by atoms with van der Waals surface area (Å²) >= 11 is 0. The normalized spacial score (nSPS) is 17.6. The number of amides is 1. The molecule has 268 valence electrons. The summed E-state index contributed by atoms with van der Waals surface area (Å²) in [5, 5.41) is 3.18. The first-order valence-corrected chi connectivity index (χ1v) is 22.2. The van der Waals surface area contributed by atoms with Crippen LogP contribution in [0.5, 0.6) is 5.75 Å². The minimum absolute atomic E-state index is 0.0881. The molecule has 1 aliphatic rings. The molecule has 5 rings (SSSR count). The van der Waals surface area contributed by atoms with Gasteiger partial charge in [-0.2, -0.15) is 0 Å². The molecule has 0 unspecified atom stereocenters. The number of esters is 2. The number of ether oxygens (including phenoxy) is 2. The number of likely N-dealkylation sites (tertiary alicyclic amines) is 1. The van der Waals surface area contributed by atoms with Gasteiger partial charge in [0.25, 0.3) is 0 Å². The van der Waals surface area contributed by atoms with E-state index in [1.165, 1.54) is 0 Å². The SMILES string of the molecule is COc1ccc(C(=O)OC(=O)[C@H](C)[C@@H]2[C@@H]([C@H](C)O[Si](C)(C)C(C)(C)C)C(=O)N2C(C)=P(c2ccccc2)(c2ccccc2)c2ccccc2)cc1. The molecule has 0 aromatic heterocycles. The molecule has 4 aromatic carbocycles. The average molecular weight is 724 g/mol. The number of hydrogen-bond donors (Lipinski definition) is 0. The first-order valence-electron chi connectivity index (χ1n) is 17.5. The van der Waals surface area contributed by atoms with Crippen molar-refractivity contribution in [1.82, 2.24) is 4.90 Å². The second-order valence-electron chi connectivity index (χ2n) is 14.8. The summed E-state index contributed by atoms with van der Waals surface area (Å²) in [4.78, 5) is 43.8. The summed E-state index contributed by atoms with van der Waals surface area (Å²) < 4.78 is 17.6. The van der Waals surface area contributed by atoms with Gasteiger partial charge in [-0.05, 0) is 86.0 Å². The Morgan fingerprint density at radius 3 is 1.63 bits per heavy atom. The highest BCUT2D eigenvalue weighted by molar-refractivity contribution is 7.95. The van der Waals surface area contributed by atoms with E-state index >= 15 is 0 Å². The van der Waals surface area contributed by atoms with Crippen LogP contribution in [0.2, 0.25) is 18.1 Å². The lowest BCUT2D eigenvalue weighted by molar-refractivity contribution is -0.163. The molecule has 51 heavy (non-hydrogen) atoms. The highest BCUT2D eigenvalue weighted by atomic mass is 31.2. The van der Waals surface area contributed by atoms with Crippen molar-refractivity contribution in [2.45, 2.75) is 71.8 Å². The molecular formula is C42H50NO6PSi. The molecule has 1 amide bonds. The second-order valence-corrected chi connectivity index (χ2v) is 23.1. The minimum Gasteiger partial charge on any atom is -0.497 e. The van der Waals surface area contributed by atoms with Crippen molar-refractivity contribution in [3.63, 3.8) is 0 Å². The van der Waals surface area contributed by atoms with Crippen LogP contribution in [0.15, 0.2) is 115 Å². The van der Waals surface area contributed by atoms with E-state index in [0.717, 1.165) is 21.3 Å². The quantitative estimate of drug-likeness (QED) is 0.0528. The maximum atomic E-state index is 14.8. The summed E-state index contributed by atoms with van der Waals surface area (Å²) in [6.45, 7) is 13.9. The standard InChI is InChI=1S/C42H50NO6PSi/c1-29(40(45)48-41(46)32-25-27-33(47-7)28-26-32)38-37(30(2)49-51(8,9)42(4,5)6)39(44)43(38)31(3)50(34-19-13-10-14-20-34,35-21-15-11-16-22-35)36-23-17-12-18-24-36/h10-30,37-38H,1-9H3/t29-,30+,37-,38-/m1/s1. The van der Waals surface area contributed by atoms with Crippen molar-refractivity contribution in [2.24, 2.45) is 11.8 Å². The maximum absolute atomic E-state index is 14.8. The lowest BCUT2D eigenvalue weighted by atomic mass is 9.76. The molecule has 1 fully saturated rings. The van der Waals surface area contributed by atoms with Gasteiger partial charge in [-0.3, -0.25) is 9.59 Å². The molecule has 0 spiro atoms.